The minimum absolute atomic E-state index is 0.0644. The zero-order valence-corrected chi connectivity index (χ0v) is 8.28. The van der Waals surface area contributed by atoms with Crippen LogP contribution in [-0.2, 0) is 9.59 Å². The minimum Gasteiger partial charge on any atom is -0.384 e. The monoisotopic (exact) mass is 204 g/mol. The van der Waals surface area contributed by atoms with Gasteiger partial charge in [-0.3, -0.25) is 9.59 Å². The number of carbonyl (C=O) groups is 2. The molecule has 0 bridgehead atoms. The molecule has 0 aliphatic carbocycles. The maximum atomic E-state index is 10.8. The molecular formula is C8H16N2O4. The van der Waals surface area contributed by atoms with Gasteiger partial charge >= 0.3 is 0 Å². The maximum absolute atomic E-state index is 10.8. The predicted octanol–water partition coefficient (Wildman–Crippen LogP) is -1.67. The third kappa shape index (κ3) is 5.50. The third-order valence-corrected chi connectivity index (χ3v) is 1.50. The highest BCUT2D eigenvalue weighted by molar-refractivity contribution is 5.80. The first-order valence-corrected chi connectivity index (χ1v) is 4.40. The number of nitrogens with one attached hydrogen (secondary N) is 2. The molecule has 0 saturated heterocycles. The molecule has 2 amide bonds. The van der Waals surface area contributed by atoms with E-state index < -0.39 is 18.2 Å². The molecule has 14 heavy (non-hydrogen) atoms. The molecule has 4 N–H and O–H groups in total. The summed E-state index contributed by atoms with van der Waals surface area (Å²) in [6.07, 6.45) is -2.03. The maximum Gasteiger partial charge on any atom is 0.250 e. The van der Waals surface area contributed by atoms with Crippen molar-refractivity contribution in [2.24, 2.45) is 0 Å². The standard InChI is InChI=1S/C8H16N2O4/c1-3-6(12)9-4-7(13)10-8(14)5(2)11/h5,7,11,13H,3-4H2,1-2H3,(H,9,12)(H,10,14). The van der Waals surface area contributed by atoms with Crippen molar-refractivity contribution in [3.8, 4) is 0 Å². The Kier molecular flexibility index (Phi) is 5.82. The SMILES string of the molecule is CCC(=O)NCC(O)NC(=O)C(C)O. The second kappa shape index (κ2) is 6.33. The summed E-state index contributed by atoms with van der Waals surface area (Å²) in [5, 5.41) is 22.4. The Labute approximate surface area is 82.3 Å². The van der Waals surface area contributed by atoms with Gasteiger partial charge in [0.15, 0.2) is 0 Å². The highest BCUT2D eigenvalue weighted by Crippen LogP contribution is 1.83. The predicted molar refractivity (Wildman–Crippen MR) is 49.1 cm³/mol. The van der Waals surface area contributed by atoms with Gasteiger partial charge in [-0.25, -0.2) is 0 Å². The van der Waals surface area contributed by atoms with Gasteiger partial charge < -0.3 is 20.8 Å². The average Bonchev–Trinajstić information content (AvgIpc) is 2.13. The Bertz CT molecular complexity index is 206. The van der Waals surface area contributed by atoms with Gasteiger partial charge in [-0.15, -0.1) is 0 Å². The Morgan fingerprint density at radius 2 is 1.93 bits per heavy atom. The second-order valence-corrected chi connectivity index (χ2v) is 2.86. The summed E-state index contributed by atoms with van der Waals surface area (Å²) in [5.74, 6) is -0.890. The van der Waals surface area contributed by atoms with Crippen LogP contribution < -0.4 is 10.6 Å². The Morgan fingerprint density at radius 1 is 1.36 bits per heavy atom. The first-order chi connectivity index (χ1) is 6.47. The molecule has 0 aromatic rings. The fourth-order valence-electron chi connectivity index (χ4n) is 0.671. The second-order valence-electron chi connectivity index (χ2n) is 2.86. The number of aliphatic hydroxyl groups excluding tert-OH is 2. The summed E-state index contributed by atoms with van der Waals surface area (Å²) in [6.45, 7) is 2.90. The Morgan fingerprint density at radius 3 is 2.36 bits per heavy atom. The molecule has 0 aliphatic rings. The number of rotatable bonds is 5. The van der Waals surface area contributed by atoms with Crippen molar-refractivity contribution in [2.75, 3.05) is 6.54 Å². The summed E-state index contributed by atoms with van der Waals surface area (Å²) in [7, 11) is 0. The number of amides is 2. The van der Waals surface area contributed by atoms with E-state index in [0.29, 0.717) is 6.42 Å². The van der Waals surface area contributed by atoms with E-state index >= 15 is 0 Å². The normalized spacial score (nSPS) is 14.3. The minimum atomic E-state index is -1.17. The van der Waals surface area contributed by atoms with Crippen LogP contribution in [0, 0.1) is 0 Å². The quantitative estimate of drug-likeness (QED) is 0.402. The zero-order chi connectivity index (χ0) is 11.1. The lowest BCUT2D eigenvalue weighted by atomic mass is 10.3. The molecule has 6 heteroatoms. The van der Waals surface area contributed by atoms with E-state index in [2.05, 4.69) is 10.6 Å². The van der Waals surface area contributed by atoms with E-state index in [1.54, 1.807) is 6.92 Å². The van der Waals surface area contributed by atoms with Crippen molar-refractivity contribution in [3.05, 3.63) is 0 Å². The van der Waals surface area contributed by atoms with E-state index in [1.807, 2.05) is 0 Å². The molecule has 0 fully saturated rings. The van der Waals surface area contributed by atoms with Crippen LogP contribution in [0.5, 0.6) is 0 Å². The molecule has 0 radical (unpaired) electrons. The van der Waals surface area contributed by atoms with E-state index in [9.17, 15) is 9.59 Å². The Balaban J connectivity index is 3.70. The molecule has 2 unspecified atom stereocenters. The van der Waals surface area contributed by atoms with E-state index in [4.69, 9.17) is 10.2 Å². The summed E-state index contributed by atoms with van der Waals surface area (Å²) in [4.78, 5) is 21.6. The first kappa shape index (κ1) is 12.9. The van der Waals surface area contributed by atoms with Crippen LogP contribution in [0.1, 0.15) is 20.3 Å². The molecule has 2 atom stereocenters. The lowest BCUT2D eigenvalue weighted by Gasteiger charge is -2.14. The molecular weight excluding hydrogens is 188 g/mol. The van der Waals surface area contributed by atoms with Crippen molar-refractivity contribution >= 4 is 11.8 Å². The molecule has 0 aliphatic heterocycles. The summed E-state index contributed by atoms with van der Waals surface area (Å²) < 4.78 is 0. The fourth-order valence-corrected chi connectivity index (χ4v) is 0.671. The highest BCUT2D eigenvalue weighted by atomic mass is 16.3. The molecule has 0 aromatic carbocycles. The van der Waals surface area contributed by atoms with Crippen LogP contribution in [0.2, 0.25) is 0 Å². The molecule has 0 spiro atoms. The van der Waals surface area contributed by atoms with E-state index in [-0.39, 0.29) is 12.5 Å². The van der Waals surface area contributed by atoms with Crippen LogP contribution in [0.15, 0.2) is 0 Å². The van der Waals surface area contributed by atoms with Gasteiger partial charge in [0.05, 0.1) is 6.54 Å². The largest absolute Gasteiger partial charge is 0.384 e. The average molecular weight is 204 g/mol. The lowest BCUT2D eigenvalue weighted by molar-refractivity contribution is -0.132. The summed E-state index contributed by atoms with van der Waals surface area (Å²) >= 11 is 0. The van der Waals surface area contributed by atoms with Gasteiger partial charge in [0.2, 0.25) is 5.91 Å². The van der Waals surface area contributed by atoms with E-state index in [1.165, 1.54) is 6.92 Å². The molecule has 82 valence electrons. The fraction of sp³-hybridized carbons (Fsp3) is 0.750. The smallest absolute Gasteiger partial charge is 0.250 e. The van der Waals surface area contributed by atoms with Crippen LogP contribution >= 0.6 is 0 Å². The number of hydrogen-bond acceptors (Lipinski definition) is 4. The van der Waals surface area contributed by atoms with Crippen LogP contribution in [-0.4, -0.2) is 40.9 Å². The summed E-state index contributed by atoms with van der Waals surface area (Å²) in [6, 6.07) is 0. The number of aliphatic hydroxyl groups is 2. The van der Waals surface area contributed by atoms with Crippen molar-refractivity contribution in [1.29, 1.82) is 0 Å². The van der Waals surface area contributed by atoms with Gasteiger partial charge in [-0.2, -0.15) is 0 Å². The molecule has 0 aromatic heterocycles. The summed E-state index contributed by atoms with van der Waals surface area (Å²) in [5.41, 5.74) is 0. The van der Waals surface area contributed by atoms with Crippen molar-refractivity contribution in [1.82, 2.24) is 10.6 Å². The molecule has 0 rings (SSSR count). The molecule has 0 saturated carbocycles. The van der Waals surface area contributed by atoms with Gasteiger partial charge in [-0.05, 0) is 6.92 Å². The van der Waals surface area contributed by atoms with Crippen LogP contribution in [0.4, 0.5) is 0 Å². The third-order valence-electron chi connectivity index (χ3n) is 1.50. The zero-order valence-electron chi connectivity index (χ0n) is 8.28. The van der Waals surface area contributed by atoms with Gasteiger partial charge in [-0.1, -0.05) is 6.92 Å². The topological polar surface area (TPSA) is 98.7 Å². The molecule has 0 heterocycles. The van der Waals surface area contributed by atoms with Crippen LogP contribution in [0.25, 0.3) is 0 Å². The van der Waals surface area contributed by atoms with Gasteiger partial charge in [0.1, 0.15) is 12.3 Å². The van der Waals surface area contributed by atoms with Crippen molar-refractivity contribution in [2.45, 2.75) is 32.6 Å². The van der Waals surface area contributed by atoms with Crippen LogP contribution in [0.3, 0.4) is 0 Å². The number of hydrogen-bond donors (Lipinski definition) is 4. The van der Waals surface area contributed by atoms with E-state index in [0.717, 1.165) is 0 Å². The van der Waals surface area contributed by atoms with Crippen molar-refractivity contribution < 1.29 is 19.8 Å². The Hall–Kier alpha value is -1.14. The first-order valence-electron chi connectivity index (χ1n) is 4.40. The number of carbonyl (C=O) groups excluding carboxylic acids is 2. The lowest BCUT2D eigenvalue weighted by Crippen LogP contribution is -2.46. The molecule has 6 nitrogen and oxygen atoms in total. The van der Waals surface area contributed by atoms with Gasteiger partial charge in [0.25, 0.3) is 5.91 Å². The highest BCUT2D eigenvalue weighted by Gasteiger charge is 2.13. The van der Waals surface area contributed by atoms with Crippen molar-refractivity contribution in [3.63, 3.8) is 0 Å². The van der Waals surface area contributed by atoms with Gasteiger partial charge in [0, 0.05) is 6.42 Å².